The van der Waals surface area contributed by atoms with Crippen LogP contribution in [0, 0.1) is 0 Å². The number of sulfonamides is 1. The SMILES string of the molecule is CC(C)(C)Nc1ccc(C(=O)O)cc1S(=O)(=O)NC[C@H]1CCCO1. The number of benzene rings is 1. The maximum atomic E-state index is 12.7. The molecule has 1 heterocycles. The number of aromatic carboxylic acids is 1. The van der Waals surface area contributed by atoms with Gasteiger partial charge >= 0.3 is 5.97 Å². The number of hydrogen-bond acceptors (Lipinski definition) is 5. The van der Waals surface area contributed by atoms with Gasteiger partial charge in [-0.05, 0) is 51.8 Å². The van der Waals surface area contributed by atoms with Gasteiger partial charge in [-0.3, -0.25) is 0 Å². The second kappa shape index (κ2) is 7.08. The van der Waals surface area contributed by atoms with Gasteiger partial charge in [0, 0.05) is 18.7 Å². The Labute approximate surface area is 142 Å². The molecular weight excluding hydrogens is 332 g/mol. The summed E-state index contributed by atoms with van der Waals surface area (Å²) < 4.78 is 33.3. The minimum atomic E-state index is -3.86. The van der Waals surface area contributed by atoms with Crippen molar-refractivity contribution in [2.45, 2.75) is 50.2 Å². The minimum Gasteiger partial charge on any atom is -0.478 e. The van der Waals surface area contributed by atoms with Crippen molar-refractivity contribution in [1.82, 2.24) is 4.72 Å². The topological polar surface area (TPSA) is 105 Å². The number of ether oxygens (including phenoxy) is 1. The van der Waals surface area contributed by atoms with Crippen LogP contribution in [0.5, 0.6) is 0 Å². The first-order valence-corrected chi connectivity index (χ1v) is 9.33. The molecule has 8 heteroatoms. The summed E-state index contributed by atoms with van der Waals surface area (Å²) in [5, 5.41) is 12.3. The van der Waals surface area contributed by atoms with Crippen LogP contribution in [0.2, 0.25) is 0 Å². The van der Waals surface area contributed by atoms with E-state index in [2.05, 4.69) is 10.0 Å². The minimum absolute atomic E-state index is 0.0738. The summed E-state index contributed by atoms with van der Waals surface area (Å²) in [5.41, 5.74) is -0.0804. The second-order valence-electron chi connectivity index (χ2n) is 6.88. The van der Waals surface area contributed by atoms with Crippen LogP contribution in [0.1, 0.15) is 44.0 Å². The Morgan fingerprint density at radius 1 is 1.38 bits per heavy atom. The van der Waals surface area contributed by atoms with Gasteiger partial charge in [0.15, 0.2) is 0 Å². The highest BCUT2D eigenvalue weighted by atomic mass is 32.2. The highest BCUT2D eigenvalue weighted by Crippen LogP contribution is 2.26. The number of nitrogens with one attached hydrogen (secondary N) is 2. The van der Waals surface area contributed by atoms with Crippen LogP contribution in [0.4, 0.5) is 5.69 Å². The molecule has 2 rings (SSSR count). The Hall–Kier alpha value is -1.64. The Balaban J connectivity index is 2.32. The molecule has 0 aliphatic carbocycles. The van der Waals surface area contributed by atoms with Gasteiger partial charge < -0.3 is 15.2 Å². The summed E-state index contributed by atoms with van der Waals surface area (Å²) in [6.07, 6.45) is 1.59. The molecule has 1 aromatic carbocycles. The lowest BCUT2D eigenvalue weighted by molar-refractivity contribution is 0.0696. The van der Waals surface area contributed by atoms with Crippen molar-refractivity contribution >= 4 is 21.7 Å². The van der Waals surface area contributed by atoms with E-state index in [1.54, 1.807) is 0 Å². The summed E-state index contributed by atoms with van der Waals surface area (Å²) in [7, 11) is -3.86. The molecule has 0 radical (unpaired) electrons. The highest BCUT2D eigenvalue weighted by molar-refractivity contribution is 7.89. The van der Waals surface area contributed by atoms with Crippen LogP contribution in [0.15, 0.2) is 23.1 Å². The molecule has 0 bridgehead atoms. The smallest absolute Gasteiger partial charge is 0.335 e. The molecular formula is C16H24N2O5S. The van der Waals surface area contributed by atoms with Crippen molar-refractivity contribution in [3.8, 4) is 0 Å². The van der Waals surface area contributed by atoms with Crippen molar-refractivity contribution in [1.29, 1.82) is 0 Å². The number of carbonyl (C=O) groups is 1. The van der Waals surface area contributed by atoms with Crippen molar-refractivity contribution in [2.24, 2.45) is 0 Å². The second-order valence-corrected chi connectivity index (χ2v) is 8.61. The molecule has 0 unspecified atom stereocenters. The third-order valence-corrected chi connectivity index (χ3v) is 5.02. The fourth-order valence-corrected chi connectivity index (χ4v) is 3.72. The van der Waals surface area contributed by atoms with Crippen LogP contribution in [0.3, 0.4) is 0 Å². The zero-order valence-corrected chi connectivity index (χ0v) is 14.9. The summed E-state index contributed by atoms with van der Waals surface area (Å²) in [4.78, 5) is 11.1. The summed E-state index contributed by atoms with van der Waals surface area (Å²) in [6.45, 7) is 6.50. The molecule has 0 spiro atoms. The first-order valence-electron chi connectivity index (χ1n) is 7.85. The zero-order chi connectivity index (χ0) is 18.0. The van der Waals surface area contributed by atoms with Gasteiger partial charge in [-0.2, -0.15) is 0 Å². The molecule has 1 fully saturated rings. The van der Waals surface area contributed by atoms with E-state index < -0.39 is 16.0 Å². The van der Waals surface area contributed by atoms with E-state index in [1.807, 2.05) is 20.8 Å². The lowest BCUT2D eigenvalue weighted by Crippen LogP contribution is -2.33. The van der Waals surface area contributed by atoms with Crippen LogP contribution >= 0.6 is 0 Å². The first kappa shape index (κ1) is 18.7. The van der Waals surface area contributed by atoms with Gasteiger partial charge in [0.1, 0.15) is 4.90 Å². The van der Waals surface area contributed by atoms with E-state index in [9.17, 15) is 13.2 Å². The van der Waals surface area contributed by atoms with Gasteiger partial charge in [0.05, 0.1) is 17.4 Å². The zero-order valence-electron chi connectivity index (χ0n) is 14.1. The molecule has 1 atom stereocenters. The molecule has 24 heavy (non-hydrogen) atoms. The fraction of sp³-hybridized carbons (Fsp3) is 0.562. The molecule has 1 aromatic rings. The average Bonchev–Trinajstić information content (AvgIpc) is 2.97. The van der Waals surface area contributed by atoms with E-state index >= 15 is 0 Å². The largest absolute Gasteiger partial charge is 0.478 e. The molecule has 1 aliphatic rings. The Morgan fingerprint density at radius 2 is 2.08 bits per heavy atom. The summed E-state index contributed by atoms with van der Waals surface area (Å²) in [5.74, 6) is -1.17. The number of anilines is 1. The van der Waals surface area contributed by atoms with Gasteiger partial charge in [0.25, 0.3) is 0 Å². The normalized spacial score (nSPS) is 18.5. The molecule has 0 amide bonds. The average molecular weight is 356 g/mol. The fourth-order valence-electron chi connectivity index (χ4n) is 2.47. The predicted octanol–water partition coefficient (Wildman–Crippen LogP) is 2.05. The standard InChI is InChI=1S/C16H24N2O5S/c1-16(2,3)18-13-7-6-11(15(19)20)9-14(13)24(21,22)17-10-12-5-4-8-23-12/h6-7,9,12,17-18H,4-5,8,10H2,1-3H3,(H,19,20)/t12-/m1/s1. The Bertz CT molecular complexity index is 704. The van der Waals surface area contributed by atoms with E-state index in [-0.39, 0.29) is 28.6 Å². The third kappa shape index (κ3) is 4.93. The number of carboxylic acid groups (broad SMARTS) is 1. The van der Waals surface area contributed by atoms with Crippen LogP contribution < -0.4 is 10.0 Å². The molecule has 3 N–H and O–H groups in total. The maximum Gasteiger partial charge on any atom is 0.335 e. The molecule has 0 saturated carbocycles. The highest BCUT2D eigenvalue weighted by Gasteiger charge is 2.25. The molecule has 7 nitrogen and oxygen atoms in total. The molecule has 1 aliphatic heterocycles. The predicted molar refractivity (Wildman–Crippen MR) is 90.9 cm³/mol. The maximum absolute atomic E-state index is 12.7. The molecule has 134 valence electrons. The third-order valence-electron chi connectivity index (χ3n) is 3.55. The van der Waals surface area contributed by atoms with Crippen LogP contribution in [-0.4, -0.2) is 44.3 Å². The van der Waals surface area contributed by atoms with Crippen molar-refractivity contribution in [2.75, 3.05) is 18.5 Å². The van der Waals surface area contributed by atoms with E-state index in [1.165, 1.54) is 18.2 Å². The van der Waals surface area contributed by atoms with E-state index in [0.29, 0.717) is 12.3 Å². The van der Waals surface area contributed by atoms with Crippen LogP contribution in [0.25, 0.3) is 0 Å². The number of carboxylic acids is 1. The van der Waals surface area contributed by atoms with Crippen molar-refractivity contribution in [3.63, 3.8) is 0 Å². The molecule has 0 aromatic heterocycles. The number of rotatable bonds is 6. The monoisotopic (exact) mass is 356 g/mol. The van der Waals surface area contributed by atoms with E-state index in [4.69, 9.17) is 9.84 Å². The Kier molecular flexibility index (Phi) is 5.52. The van der Waals surface area contributed by atoms with E-state index in [0.717, 1.165) is 12.8 Å². The van der Waals surface area contributed by atoms with Crippen LogP contribution in [-0.2, 0) is 14.8 Å². The van der Waals surface area contributed by atoms with Gasteiger partial charge in [-0.25, -0.2) is 17.9 Å². The lowest BCUT2D eigenvalue weighted by Gasteiger charge is -2.24. The number of hydrogen-bond donors (Lipinski definition) is 3. The Morgan fingerprint density at radius 3 is 2.62 bits per heavy atom. The lowest BCUT2D eigenvalue weighted by atomic mass is 10.1. The summed E-state index contributed by atoms with van der Waals surface area (Å²) in [6, 6.07) is 4.04. The summed E-state index contributed by atoms with van der Waals surface area (Å²) >= 11 is 0. The first-order chi connectivity index (χ1) is 11.1. The van der Waals surface area contributed by atoms with Gasteiger partial charge in [-0.1, -0.05) is 0 Å². The molecule has 1 saturated heterocycles. The van der Waals surface area contributed by atoms with Gasteiger partial charge in [-0.15, -0.1) is 0 Å². The quantitative estimate of drug-likeness (QED) is 0.720. The van der Waals surface area contributed by atoms with Crippen molar-refractivity contribution < 1.29 is 23.1 Å². The van der Waals surface area contributed by atoms with Gasteiger partial charge in [0.2, 0.25) is 10.0 Å². The van der Waals surface area contributed by atoms with Crippen molar-refractivity contribution in [3.05, 3.63) is 23.8 Å².